The molecule has 1 N–H and O–H groups in total. The SMILES string of the molecule is CC(=O)OC1NC(=O)C1C(C)OC(C)(C)C(C)(C)C. The first-order valence-corrected chi connectivity index (χ1v) is 6.61. The van der Waals surface area contributed by atoms with Gasteiger partial charge in [-0.3, -0.25) is 9.59 Å². The number of amides is 1. The molecule has 0 spiro atoms. The molecule has 1 amide bonds. The van der Waals surface area contributed by atoms with Crippen LogP contribution in [0.2, 0.25) is 0 Å². The van der Waals surface area contributed by atoms with E-state index in [2.05, 4.69) is 26.1 Å². The zero-order valence-electron chi connectivity index (χ0n) is 12.9. The predicted octanol–water partition coefficient (Wildman–Crippen LogP) is 1.85. The molecule has 1 rings (SSSR count). The standard InChI is InChI=1S/C14H25NO4/c1-8(19-14(6,7)13(3,4)5)10-11(17)15-12(10)18-9(2)16/h8,10,12H,1-7H3,(H,15,17). The summed E-state index contributed by atoms with van der Waals surface area (Å²) >= 11 is 0. The minimum Gasteiger partial charge on any atom is -0.441 e. The monoisotopic (exact) mass is 271 g/mol. The predicted molar refractivity (Wildman–Crippen MR) is 71.3 cm³/mol. The Kier molecular flexibility index (Phi) is 4.30. The maximum atomic E-state index is 11.6. The highest BCUT2D eigenvalue weighted by Gasteiger charge is 2.48. The van der Waals surface area contributed by atoms with E-state index in [1.165, 1.54) is 6.92 Å². The molecular weight excluding hydrogens is 246 g/mol. The summed E-state index contributed by atoms with van der Waals surface area (Å²) in [6.07, 6.45) is -0.886. The molecule has 5 nitrogen and oxygen atoms in total. The molecule has 5 heteroatoms. The van der Waals surface area contributed by atoms with Crippen LogP contribution in [0.3, 0.4) is 0 Å². The highest BCUT2D eigenvalue weighted by molar-refractivity contribution is 5.86. The van der Waals surface area contributed by atoms with Gasteiger partial charge in [0.25, 0.3) is 0 Å². The van der Waals surface area contributed by atoms with E-state index in [-0.39, 0.29) is 23.0 Å². The van der Waals surface area contributed by atoms with Crippen LogP contribution in [0.5, 0.6) is 0 Å². The van der Waals surface area contributed by atoms with Gasteiger partial charge in [0.2, 0.25) is 5.91 Å². The average Bonchev–Trinajstić information content (AvgIpc) is 2.12. The summed E-state index contributed by atoms with van der Waals surface area (Å²) in [5, 5.41) is 2.57. The first-order chi connectivity index (χ1) is 8.45. The third-order valence-corrected chi connectivity index (χ3v) is 4.00. The molecule has 0 radical (unpaired) electrons. The molecule has 0 saturated carbocycles. The number of carbonyl (C=O) groups excluding carboxylic acids is 2. The topological polar surface area (TPSA) is 64.6 Å². The Morgan fingerprint density at radius 2 is 1.79 bits per heavy atom. The normalized spacial score (nSPS) is 25.3. The minimum absolute atomic E-state index is 0.0571. The van der Waals surface area contributed by atoms with Gasteiger partial charge in [0.15, 0.2) is 6.23 Å². The molecule has 3 unspecified atom stereocenters. The number of hydrogen-bond acceptors (Lipinski definition) is 4. The van der Waals surface area contributed by atoms with Crippen LogP contribution in [0.4, 0.5) is 0 Å². The fourth-order valence-corrected chi connectivity index (χ4v) is 1.82. The summed E-state index contributed by atoms with van der Waals surface area (Å²) in [6.45, 7) is 13.4. The Bertz CT molecular complexity index is 370. The van der Waals surface area contributed by atoms with Crippen LogP contribution in [-0.2, 0) is 19.1 Å². The molecule has 1 heterocycles. The zero-order valence-corrected chi connectivity index (χ0v) is 12.9. The summed E-state index contributed by atoms with van der Waals surface area (Å²) in [6, 6.07) is 0. The number of β-lactam (4-membered cyclic amide) rings is 1. The van der Waals surface area contributed by atoms with Crippen LogP contribution in [0.15, 0.2) is 0 Å². The van der Waals surface area contributed by atoms with E-state index in [1.807, 2.05) is 20.8 Å². The van der Waals surface area contributed by atoms with Gasteiger partial charge in [0.1, 0.15) is 5.92 Å². The lowest BCUT2D eigenvalue weighted by Crippen LogP contribution is -2.64. The van der Waals surface area contributed by atoms with Gasteiger partial charge < -0.3 is 14.8 Å². The number of hydrogen-bond donors (Lipinski definition) is 1. The highest BCUT2D eigenvalue weighted by Crippen LogP contribution is 2.36. The fourth-order valence-electron chi connectivity index (χ4n) is 1.82. The van der Waals surface area contributed by atoms with E-state index in [0.29, 0.717) is 0 Å². The second-order valence-electron chi connectivity index (χ2n) is 6.65. The molecule has 0 bridgehead atoms. The number of ether oxygens (including phenoxy) is 2. The van der Waals surface area contributed by atoms with Gasteiger partial charge in [-0.25, -0.2) is 0 Å². The van der Waals surface area contributed by atoms with Crippen molar-refractivity contribution in [2.24, 2.45) is 11.3 Å². The lowest BCUT2D eigenvalue weighted by Gasteiger charge is -2.45. The summed E-state index contributed by atoms with van der Waals surface area (Å²) in [7, 11) is 0. The third-order valence-electron chi connectivity index (χ3n) is 4.00. The molecule has 0 aromatic heterocycles. The van der Waals surface area contributed by atoms with Gasteiger partial charge in [-0.1, -0.05) is 20.8 Å². The van der Waals surface area contributed by atoms with Crippen LogP contribution in [-0.4, -0.2) is 29.8 Å². The number of nitrogens with one attached hydrogen (secondary N) is 1. The molecule has 3 atom stereocenters. The molecule has 1 fully saturated rings. The zero-order chi connectivity index (χ0) is 15.0. The van der Waals surface area contributed by atoms with E-state index in [4.69, 9.17) is 9.47 Å². The first-order valence-electron chi connectivity index (χ1n) is 6.61. The van der Waals surface area contributed by atoms with E-state index in [9.17, 15) is 9.59 Å². The highest BCUT2D eigenvalue weighted by atomic mass is 16.6. The molecular formula is C14H25NO4. The van der Waals surface area contributed by atoms with Gasteiger partial charge in [0.05, 0.1) is 11.7 Å². The van der Waals surface area contributed by atoms with E-state index in [1.54, 1.807) is 0 Å². The maximum Gasteiger partial charge on any atom is 0.304 e. The molecule has 1 aliphatic rings. The van der Waals surface area contributed by atoms with Crippen molar-refractivity contribution >= 4 is 11.9 Å². The summed E-state index contributed by atoms with van der Waals surface area (Å²) in [5.74, 6) is -0.980. The number of carbonyl (C=O) groups is 2. The average molecular weight is 271 g/mol. The van der Waals surface area contributed by atoms with Crippen molar-refractivity contribution in [1.82, 2.24) is 5.32 Å². The first kappa shape index (κ1) is 16.0. The van der Waals surface area contributed by atoms with Gasteiger partial charge in [-0.05, 0) is 26.2 Å². The van der Waals surface area contributed by atoms with Crippen LogP contribution >= 0.6 is 0 Å². The van der Waals surface area contributed by atoms with Crippen molar-refractivity contribution in [3.05, 3.63) is 0 Å². The Hall–Kier alpha value is -1.10. The largest absolute Gasteiger partial charge is 0.441 e. The molecule has 110 valence electrons. The lowest BCUT2D eigenvalue weighted by atomic mass is 9.78. The molecule has 0 aromatic rings. The molecule has 1 aliphatic heterocycles. The van der Waals surface area contributed by atoms with Crippen LogP contribution in [0, 0.1) is 11.3 Å². The quantitative estimate of drug-likeness (QED) is 0.626. The Labute approximate surface area is 115 Å². The smallest absolute Gasteiger partial charge is 0.304 e. The second kappa shape index (κ2) is 5.12. The molecule has 19 heavy (non-hydrogen) atoms. The Morgan fingerprint density at radius 1 is 1.26 bits per heavy atom. The fraction of sp³-hybridized carbons (Fsp3) is 0.857. The van der Waals surface area contributed by atoms with Crippen LogP contribution < -0.4 is 5.32 Å². The van der Waals surface area contributed by atoms with Crippen molar-refractivity contribution in [2.45, 2.75) is 66.4 Å². The second-order valence-corrected chi connectivity index (χ2v) is 6.65. The molecule has 1 saturated heterocycles. The molecule has 0 aliphatic carbocycles. The summed E-state index contributed by atoms with van der Waals surface area (Å²) < 4.78 is 11.1. The maximum absolute atomic E-state index is 11.6. The lowest BCUT2D eigenvalue weighted by molar-refractivity contribution is -0.194. The van der Waals surface area contributed by atoms with Gasteiger partial charge in [-0.2, -0.15) is 0 Å². The van der Waals surface area contributed by atoms with Crippen molar-refractivity contribution in [3.8, 4) is 0 Å². The van der Waals surface area contributed by atoms with Crippen LogP contribution in [0.1, 0.15) is 48.5 Å². The van der Waals surface area contributed by atoms with E-state index >= 15 is 0 Å². The number of esters is 1. The van der Waals surface area contributed by atoms with E-state index in [0.717, 1.165) is 0 Å². The third kappa shape index (κ3) is 3.47. The van der Waals surface area contributed by atoms with E-state index < -0.39 is 18.1 Å². The Balaban J connectivity index is 2.69. The van der Waals surface area contributed by atoms with Crippen molar-refractivity contribution < 1.29 is 19.1 Å². The van der Waals surface area contributed by atoms with Gasteiger partial charge >= 0.3 is 5.97 Å². The Morgan fingerprint density at radius 3 is 2.16 bits per heavy atom. The summed E-state index contributed by atoms with van der Waals surface area (Å²) in [5.41, 5.74) is -0.443. The van der Waals surface area contributed by atoms with Crippen molar-refractivity contribution in [1.29, 1.82) is 0 Å². The molecule has 0 aromatic carbocycles. The van der Waals surface area contributed by atoms with Gasteiger partial charge in [0, 0.05) is 6.92 Å². The minimum atomic E-state index is -0.573. The summed E-state index contributed by atoms with van der Waals surface area (Å²) in [4.78, 5) is 22.6. The number of rotatable bonds is 4. The van der Waals surface area contributed by atoms with Crippen molar-refractivity contribution in [2.75, 3.05) is 0 Å². The van der Waals surface area contributed by atoms with Crippen LogP contribution in [0.25, 0.3) is 0 Å². The van der Waals surface area contributed by atoms with Crippen molar-refractivity contribution in [3.63, 3.8) is 0 Å². The van der Waals surface area contributed by atoms with Gasteiger partial charge in [-0.15, -0.1) is 0 Å².